The molecule has 0 bridgehead atoms. The molecule has 3 heteroatoms. The molecule has 3 aromatic rings. The number of unbranched alkanes of at least 4 members (excludes halogenated alkanes) is 2. The SMILES string of the molecule is C=C(C)C(=O)OCc1cc(-c2ccc(-c3ccc(CCCCC)cc3)cc2)ccc1CO. The minimum absolute atomic E-state index is 0.104. The molecule has 0 saturated heterocycles. The first-order valence-corrected chi connectivity index (χ1v) is 11.3. The maximum Gasteiger partial charge on any atom is 0.333 e. The third-order valence-electron chi connectivity index (χ3n) is 5.66. The summed E-state index contributed by atoms with van der Waals surface area (Å²) in [7, 11) is 0. The van der Waals surface area contributed by atoms with Crippen LogP contribution in [0.4, 0.5) is 0 Å². The van der Waals surface area contributed by atoms with Crippen LogP contribution in [0.5, 0.6) is 0 Å². The lowest BCUT2D eigenvalue weighted by molar-refractivity contribution is -0.140. The van der Waals surface area contributed by atoms with Crippen LogP contribution in [0.1, 0.15) is 49.8 Å². The highest BCUT2D eigenvalue weighted by Gasteiger charge is 2.09. The van der Waals surface area contributed by atoms with E-state index in [0.29, 0.717) is 5.57 Å². The molecule has 0 aromatic heterocycles. The van der Waals surface area contributed by atoms with E-state index in [1.165, 1.54) is 36.0 Å². The van der Waals surface area contributed by atoms with Crippen LogP contribution in [0.25, 0.3) is 22.3 Å². The number of aryl methyl sites for hydroxylation is 1. The molecule has 0 spiro atoms. The van der Waals surface area contributed by atoms with Crippen LogP contribution < -0.4 is 0 Å². The summed E-state index contributed by atoms with van der Waals surface area (Å²) in [4.78, 5) is 11.7. The number of aliphatic hydroxyl groups excluding tert-OH is 1. The highest BCUT2D eigenvalue weighted by atomic mass is 16.5. The quantitative estimate of drug-likeness (QED) is 0.218. The third-order valence-corrected chi connectivity index (χ3v) is 5.66. The van der Waals surface area contributed by atoms with Crippen molar-refractivity contribution in [3.8, 4) is 22.3 Å². The second kappa shape index (κ2) is 11.4. The predicted molar refractivity (Wildman–Crippen MR) is 131 cm³/mol. The van der Waals surface area contributed by atoms with Crippen LogP contribution in [-0.4, -0.2) is 11.1 Å². The van der Waals surface area contributed by atoms with E-state index in [0.717, 1.165) is 28.7 Å². The molecule has 0 saturated carbocycles. The fourth-order valence-corrected chi connectivity index (χ4v) is 3.66. The molecule has 0 fully saturated rings. The Bertz CT molecular complexity index is 1050. The Labute approximate surface area is 191 Å². The van der Waals surface area contributed by atoms with Crippen molar-refractivity contribution in [3.63, 3.8) is 0 Å². The zero-order chi connectivity index (χ0) is 22.9. The van der Waals surface area contributed by atoms with Crippen molar-refractivity contribution in [3.05, 3.63) is 95.6 Å². The average Bonchev–Trinajstić information content (AvgIpc) is 2.83. The van der Waals surface area contributed by atoms with Crippen LogP contribution in [0, 0.1) is 0 Å². The van der Waals surface area contributed by atoms with Gasteiger partial charge < -0.3 is 9.84 Å². The fraction of sp³-hybridized carbons (Fsp3) is 0.276. The van der Waals surface area contributed by atoms with Crippen LogP contribution in [0.3, 0.4) is 0 Å². The summed E-state index contributed by atoms with van der Waals surface area (Å²) in [6.45, 7) is 7.46. The maximum atomic E-state index is 11.7. The molecular weight excluding hydrogens is 396 g/mol. The topological polar surface area (TPSA) is 46.5 Å². The molecule has 3 nitrogen and oxygen atoms in total. The molecule has 32 heavy (non-hydrogen) atoms. The lowest BCUT2D eigenvalue weighted by atomic mass is 9.96. The van der Waals surface area contributed by atoms with Gasteiger partial charge in [0.2, 0.25) is 0 Å². The van der Waals surface area contributed by atoms with Crippen molar-refractivity contribution in [2.75, 3.05) is 0 Å². The Morgan fingerprint density at radius 1 is 0.844 bits per heavy atom. The van der Waals surface area contributed by atoms with Gasteiger partial charge in [-0.05, 0) is 64.8 Å². The smallest absolute Gasteiger partial charge is 0.333 e. The summed E-state index contributed by atoms with van der Waals surface area (Å²) in [6.07, 6.45) is 4.91. The van der Waals surface area contributed by atoms with E-state index in [1.54, 1.807) is 6.92 Å². The van der Waals surface area contributed by atoms with Crippen LogP contribution in [0.2, 0.25) is 0 Å². The average molecular weight is 429 g/mol. The first-order chi connectivity index (χ1) is 15.5. The molecule has 3 aromatic carbocycles. The highest BCUT2D eigenvalue weighted by Crippen LogP contribution is 2.27. The van der Waals surface area contributed by atoms with E-state index in [4.69, 9.17) is 4.74 Å². The van der Waals surface area contributed by atoms with Crippen molar-refractivity contribution in [2.24, 2.45) is 0 Å². The van der Waals surface area contributed by atoms with E-state index in [1.807, 2.05) is 18.2 Å². The zero-order valence-electron chi connectivity index (χ0n) is 19.1. The molecule has 0 aliphatic heterocycles. The Hall–Kier alpha value is -3.17. The number of hydrogen-bond donors (Lipinski definition) is 1. The van der Waals surface area contributed by atoms with Gasteiger partial charge in [0.25, 0.3) is 0 Å². The molecule has 0 radical (unpaired) electrons. The second-order valence-corrected chi connectivity index (χ2v) is 8.23. The number of rotatable bonds is 10. The molecular formula is C29H32O3. The van der Waals surface area contributed by atoms with Gasteiger partial charge >= 0.3 is 5.97 Å². The number of esters is 1. The molecule has 1 N–H and O–H groups in total. The van der Waals surface area contributed by atoms with E-state index in [2.05, 4.69) is 62.0 Å². The predicted octanol–water partition coefficient (Wildman–Crippen LogP) is 6.86. The first kappa shape index (κ1) is 23.5. The zero-order valence-corrected chi connectivity index (χ0v) is 19.1. The van der Waals surface area contributed by atoms with Gasteiger partial charge in [-0.2, -0.15) is 0 Å². The van der Waals surface area contributed by atoms with Gasteiger partial charge in [0.1, 0.15) is 6.61 Å². The van der Waals surface area contributed by atoms with Gasteiger partial charge in [-0.25, -0.2) is 4.79 Å². The van der Waals surface area contributed by atoms with Crippen LogP contribution in [-0.2, 0) is 29.2 Å². The summed E-state index contributed by atoms with van der Waals surface area (Å²) in [5.41, 5.74) is 7.76. The van der Waals surface area contributed by atoms with Crippen molar-refractivity contribution < 1.29 is 14.6 Å². The molecule has 0 aliphatic rings. The van der Waals surface area contributed by atoms with Gasteiger partial charge in [-0.15, -0.1) is 0 Å². The summed E-state index contributed by atoms with van der Waals surface area (Å²) in [6, 6.07) is 23.1. The standard InChI is InChI=1S/C29H32O3/c1-4-5-6-7-22-8-10-23(11-9-22)24-12-14-25(15-13-24)26-16-17-27(19-30)28(18-26)20-32-29(31)21(2)3/h8-18,30H,2,4-7,19-20H2,1,3H3. The fourth-order valence-electron chi connectivity index (χ4n) is 3.66. The lowest BCUT2D eigenvalue weighted by Gasteiger charge is -2.12. The largest absolute Gasteiger partial charge is 0.457 e. The number of carbonyl (C=O) groups excluding carboxylic acids is 1. The number of aliphatic hydroxyl groups is 1. The lowest BCUT2D eigenvalue weighted by Crippen LogP contribution is -2.06. The molecule has 3 rings (SSSR count). The summed E-state index contributed by atoms with van der Waals surface area (Å²) in [5, 5.41) is 9.64. The number of benzene rings is 3. The Kier molecular flexibility index (Phi) is 8.41. The normalized spacial score (nSPS) is 10.7. The van der Waals surface area contributed by atoms with E-state index in [-0.39, 0.29) is 13.2 Å². The maximum absolute atomic E-state index is 11.7. The van der Waals surface area contributed by atoms with Crippen molar-refractivity contribution in [2.45, 2.75) is 52.7 Å². The van der Waals surface area contributed by atoms with Crippen LogP contribution >= 0.6 is 0 Å². The third kappa shape index (κ3) is 6.18. The molecule has 0 atom stereocenters. The summed E-state index contributed by atoms with van der Waals surface area (Å²) >= 11 is 0. The van der Waals surface area contributed by atoms with E-state index < -0.39 is 5.97 Å². The van der Waals surface area contributed by atoms with Gasteiger partial charge in [0, 0.05) is 5.57 Å². The Balaban J connectivity index is 1.74. The highest BCUT2D eigenvalue weighted by molar-refractivity contribution is 5.87. The minimum Gasteiger partial charge on any atom is -0.457 e. The first-order valence-electron chi connectivity index (χ1n) is 11.3. The molecule has 0 unspecified atom stereocenters. The van der Waals surface area contributed by atoms with Crippen molar-refractivity contribution in [1.82, 2.24) is 0 Å². The Morgan fingerprint density at radius 2 is 1.41 bits per heavy atom. The summed E-state index contributed by atoms with van der Waals surface area (Å²) in [5.74, 6) is -0.431. The van der Waals surface area contributed by atoms with Crippen LogP contribution in [0.15, 0.2) is 78.9 Å². The Morgan fingerprint density at radius 3 is 1.97 bits per heavy atom. The van der Waals surface area contributed by atoms with Crippen molar-refractivity contribution in [1.29, 1.82) is 0 Å². The van der Waals surface area contributed by atoms with E-state index >= 15 is 0 Å². The number of hydrogen-bond acceptors (Lipinski definition) is 3. The molecule has 166 valence electrons. The van der Waals surface area contributed by atoms with E-state index in [9.17, 15) is 9.90 Å². The van der Waals surface area contributed by atoms with Gasteiger partial charge in [0.05, 0.1) is 6.61 Å². The second-order valence-electron chi connectivity index (χ2n) is 8.23. The molecule has 0 amide bonds. The number of carbonyl (C=O) groups is 1. The minimum atomic E-state index is -0.431. The summed E-state index contributed by atoms with van der Waals surface area (Å²) < 4.78 is 5.29. The van der Waals surface area contributed by atoms with Crippen molar-refractivity contribution >= 4 is 5.97 Å². The van der Waals surface area contributed by atoms with Gasteiger partial charge in [0.15, 0.2) is 0 Å². The monoisotopic (exact) mass is 428 g/mol. The van der Waals surface area contributed by atoms with Gasteiger partial charge in [-0.3, -0.25) is 0 Å². The van der Waals surface area contributed by atoms with Gasteiger partial charge in [-0.1, -0.05) is 87.0 Å². The number of ether oxygens (including phenoxy) is 1. The molecule has 0 heterocycles. The molecule has 0 aliphatic carbocycles.